The predicted octanol–water partition coefficient (Wildman–Crippen LogP) is 1.42. The summed E-state index contributed by atoms with van der Waals surface area (Å²) in [5, 5.41) is 0. The third-order valence-corrected chi connectivity index (χ3v) is 2.21. The van der Waals surface area contributed by atoms with Crippen molar-refractivity contribution in [1.82, 2.24) is 0 Å². The van der Waals surface area contributed by atoms with E-state index in [4.69, 9.17) is 5.73 Å². The van der Waals surface area contributed by atoms with E-state index < -0.39 is 0 Å². The van der Waals surface area contributed by atoms with Crippen molar-refractivity contribution in [1.29, 1.82) is 0 Å². The molecule has 2 rings (SSSR count). The Hall–Kier alpha value is -1.67. The Morgan fingerprint density at radius 3 is 2.36 bits per heavy atom. The van der Waals surface area contributed by atoms with E-state index in [2.05, 4.69) is 16.7 Å². The lowest BCUT2D eigenvalue weighted by molar-refractivity contribution is -0.596. The lowest BCUT2D eigenvalue weighted by atomic mass is 10.2. The summed E-state index contributed by atoms with van der Waals surface area (Å²) in [7, 11) is 0. The molecule has 0 bridgehead atoms. The number of benzene rings is 1. The van der Waals surface area contributed by atoms with E-state index in [0.29, 0.717) is 6.54 Å². The highest BCUT2D eigenvalue weighted by atomic mass is 14.9. The molecule has 0 aliphatic rings. The van der Waals surface area contributed by atoms with Crippen LogP contribution in [0.3, 0.4) is 0 Å². The Balaban J connectivity index is 2.51. The molecule has 0 saturated heterocycles. The number of para-hydroxylation sites is 1. The van der Waals surface area contributed by atoms with Crippen LogP contribution in [0, 0.1) is 0 Å². The molecular weight excluding hydrogens is 172 g/mol. The SMILES string of the molecule is NCc1ccccc1-[n+]1ccccc1. The van der Waals surface area contributed by atoms with Crippen LogP contribution < -0.4 is 10.3 Å². The fourth-order valence-electron chi connectivity index (χ4n) is 1.49. The molecule has 2 heteroatoms. The standard InChI is InChI=1S/C12H13N2/c13-10-11-6-2-3-7-12(11)14-8-4-1-5-9-14/h1-9H,10,13H2/q+1. The van der Waals surface area contributed by atoms with Crippen molar-refractivity contribution in [2.24, 2.45) is 5.73 Å². The predicted molar refractivity (Wildman–Crippen MR) is 55.9 cm³/mol. The maximum atomic E-state index is 5.67. The smallest absolute Gasteiger partial charge is 0.215 e. The van der Waals surface area contributed by atoms with Gasteiger partial charge in [0, 0.05) is 30.3 Å². The largest absolute Gasteiger partial charge is 0.326 e. The Labute approximate surface area is 83.6 Å². The molecule has 0 aliphatic heterocycles. The van der Waals surface area contributed by atoms with Crippen LogP contribution in [0.4, 0.5) is 0 Å². The normalized spacial score (nSPS) is 10.1. The van der Waals surface area contributed by atoms with Gasteiger partial charge in [0.15, 0.2) is 12.4 Å². The van der Waals surface area contributed by atoms with Crippen molar-refractivity contribution in [2.75, 3.05) is 0 Å². The molecule has 0 radical (unpaired) electrons. The molecule has 0 atom stereocenters. The van der Waals surface area contributed by atoms with Gasteiger partial charge in [-0.15, -0.1) is 0 Å². The van der Waals surface area contributed by atoms with Gasteiger partial charge in [0.25, 0.3) is 0 Å². The zero-order valence-electron chi connectivity index (χ0n) is 7.93. The van der Waals surface area contributed by atoms with Gasteiger partial charge in [0.05, 0.1) is 0 Å². The van der Waals surface area contributed by atoms with Crippen molar-refractivity contribution < 1.29 is 4.57 Å². The number of nitrogens with two attached hydrogens (primary N) is 1. The molecule has 2 nitrogen and oxygen atoms in total. The summed E-state index contributed by atoms with van der Waals surface area (Å²) in [5.74, 6) is 0. The van der Waals surface area contributed by atoms with E-state index in [-0.39, 0.29) is 0 Å². The van der Waals surface area contributed by atoms with E-state index in [1.54, 1.807) is 0 Å². The molecular formula is C12H13N2+. The Kier molecular flexibility index (Phi) is 2.56. The zero-order valence-corrected chi connectivity index (χ0v) is 7.93. The maximum Gasteiger partial charge on any atom is 0.215 e. The first-order valence-electron chi connectivity index (χ1n) is 4.66. The third-order valence-electron chi connectivity index (χ3n) is 2.21. The summed E-state index contributed by atoms with van der Waals surface area (Å²) in [4.78, 5) is 0. The fraction of sp³-hybridized carbons (Fsp3) is 0.0833. The number of rotatable bonds is 2. The Morgan fingerprint density at radius 2 is 1.64 bits per heavy atom. The van der Waals surface area contributed by atoms with Crippen LogP contribution in [-0.4, -0.2) is 0 Å². The van der Waals surface area contributed by atoms with Crippen LogP contribution >= 0.6 is 0 Å². The first kappa shape index (κ1) is 8.91. The summed E-state index contributed by atoms with van der Waals surface area (Å²) in [6.45, 7) is 0.568. The van der Waals surface area contributed by atoms with E-state index in [1.165, 1.54) is 0 Å². The number of pyridine rings is 1. The minimum atomic E-state index is 0.568. The molecule has 0 fully saturated rings. The minimum absolute atomic E-state index is 0.568. The van der Waals surface area contributed by atoms with Gasteiger partial charge >= 0.3 is 0 Å². The number of nitrogens with zero attached hydrogens (tertiary/aromatic N) is 1. The van der Waals surface area contributed by atoms with Crippen molar-refractivity contribution in [3.8, 4) is 5.69 Å². The first-order valence-corrected chi connectivity index (χ1v) is 4.66. The molecule has 1 heterocycles. The Morgan fingerprint density at radius 1 is 0.929 bits per heavy atom. The molecule has 0 amide bonds. The summed E-state index contributed by atoms with van der Waals surface area (Å²) in [5.41, 5.74) is 7.98. The molecule has 0 unspecified atom stereocenters. The number of hydrogen-bond acceptors (Lipinski definition) is 1. The molecule has 1 aromatic carbocycles. The van der Waals surface area contributed by atoms with Crippen molar-refractivity contribution in [2.45, 2.75) is 6.54 Å². The molecule has 2 N–H and O–H groups in total. The molecule has 0 aliphatic carbocycles. The van der Waals surface area contributed by atoms with Crippen molar-refractivity contribution in [3.05, 3.63) is 60.4 Å². The van der Waals surface area contributed by atoms with Gasteiger partial charge in [-0.3, -0.25) is 0 Å². The van der Waals surface area contributed by atoms with E-state index >= 15 is 0 Å². The van der Waals surface area contributed by atoms with E-state index in [9.17, 15) is 0 Å². The minimum Gasteiger partial charge on any atom is -0.326 e. The third kappa shape index (κ3) is 1.65. The van der Waals surface area contributed by atoms with Crippen LogP contribution in [0.15, 0.2) is 54.9 Å². The van der Waals surface area contributed by atoms with Crippen molar-refractivity contribution >= 4 is 0 Å². The monoisotopic (exact) mass is 185 g/mol. The van der Waals surface area contributed by atoms with Gasteiger partial charge < -0.3 is 5.73 Å². The second kappa shape index (κ2) is 4.03. The summed E-state index contributed by atoms with van der Waals surface area (Å²) in [6.07, 6.45) is 4.04. The highest BCUT2D eigenvalue weighted by molar-refractivity contribution is 5.33. The average molecular weight is 185 g/mol. The van der Waals surface area contributed by atoms with Crippen molar-refractivity contribution in [3.63, 3.8) is 0 Å². The fourth-order valence-corrected chi connectivity index (χ4v) is 1.49. The summed E-state index contributed by atoms with van der Waals surface area (Å²) < 4.78 is 2.07. The van der Waals surface area contributed by atoms with Crippen LogP contribution in [0.1, 0.15) is 5.56 Å². The number of aromatic nitrogens is 1. The highest BCUT2D eigenvalue weighted by Gasteiger charge is 2.08. The second-order valence-corrected chi connectivity index (χ2v) is 3.12. The molecule has 1 aromatic heterocycles. The molecule has 2 aromatic rings. The molecule has 0 saturated carbocycles. The van der Waals surface area contributed by atoms with Gasteiger partial charge in [-0.1, -0.05) is 24.3 Å². The first-order chi connectivity index (χ1) is 6.92. The summed E-state index contributed by atoms with van der Waals surface area (Å²) >= 11 is 0. The maximum absolute atomic E-state index is 5.67. The number of hydrogen-bond donors (Lipinski definition) is 1. The van der Waals surface area contributed by atoms with Crippen LogP contribution in [0.25, 0.3) is 5.69 Å². The van der Waals surface area contributed by atoms with Crippen LogP contribution in [0.5, 0.6) is 0 Å². The lowest BCUT2D eigenvalue weighted by Gasteiger charge is -2.00. The molecule has 0 spiro atoms. The van der Waals surface area contributed by atoms with Gasteiger partial charge in [0.2, 0.25) is 5.69 Å². The van der Waals surface area contributed by atoms with E-state index in [0.717, 1.165) is 11.3 Å². The highest BCUT2D eigenvalue weighted by Crippen LogP contribution is 2.06. The van der Waals surface area contributed by atoms with Gasteiger partial charge in [-0.25, -0.2) is 0 Å². The topological polar surface area (TPSA) is 29.9 Å². The molecule has 70 valence electrons. The van der Waals surface area contributed by atoms with Gasteiger partial charge in [-0.05, 0) is 0 Å². The van der Waals surface area contributed by atoms with Gasteiger partial charge in [-0.2, -0.15) is 4.57 Å². The summed E-state index contributed by atoms with van der Waals surface area (Å²) in [6, 6.07) is 14.2. The second-order valence-electron chi connectivity index (χ2n) is 3.12. The lowest BCUT2D eigenvalue weighted by Crippen LogP contribution is -2.31. The quantitative estimate of drug-likeness (QED) is 0.705. The van der Waals surface area contributed by atoms with Gasteiger partial charge in [0.1, 0.15) is 0 Å². The zero-order chi connectivity index (χ0) is 9.80. The van der Waals surface area contributed by atoms with Crippen LogP contribution in [-0.2, 0) is 6.54 Å². The average Bonchev–Trinajstić information content (AvgIpc) is 2.30. The molecule has 14 heavy (non-hydrogen) atoms. The van der Waals surface area contributed by atoms with Crippen LogP contribution in [0.2, 0.25) is 0 Å². The van der Waals surface area contributed by atoms with E-state index in [1.807, 2.05) is 42.7 Å². The Bertz CT molecular complexity index is 410.